The molecular weight excluding hydrogens is 412 g/mol. The molecular formula is C20H19BrN2O2S. The highest BCUT2D eigenvalue weighted by Crippen LogP contribution is 2.19. The maximum absolute atomic E-state index is 5.66. The summed E-state index contributed by atoms with van der Waals surface area (Å²) in [7, 11) is 1.65. The van der Waals surface area contributed by atoms with Crippen LogP contribution in [-0.2, 0) is 13.1 Å². The minimum atomic E-state index is 0.579. The molecule has 1 N–H and O–H groups in total. The van der Waals surface area contributed by atoms with Gasteiger partial charge in [-0.25, -0.2) is 0 Å². The van der Waals surface area contributed by atoms with Crippen molar-refractivity contribution in [1.29, 1.82) is 0 Å². The Morgan fingerprint density at radius 1 is 1.12 bits per heavy atom. The minimum absolute atomic E-state index is 0.579. The van der Waals surface area contributed by atoms with Gasteiger partial charge in [0.1, 0.15) is 11.5 Å². The predicted octanol–water partition coefficient (Wildman–Crippen LogP) is 5.45. The van der Waals surface area contributed by atoms with Crippen molar-refractivity contribution in [3.05, 3.63) is 82.7 Å². The molecule has 26 heavy (non-hydrogen) atoms. The lowest BCUT2D eigenvalue weighted by molar-refractivity contribution is 0.360. The molecule has 0 unspecified atom stereocenters. The lowest BCUT2D eigenvalue weighted by atomic mass is 10.2. The van der Waals surface area contributed by atoms with E-state index < -0.39 is 0 Å². The molecule has 1 heterocycles. The van der Waals surface area contributed by atoms with E-state index in [1.807, 2.05) is 48.5 Å². The van der Waals surface area contributed by atoms with E-state index in [9.17, 15) is 0 Å². The van der Waals surface area contributed by atoms with Crippen LogP contribution in [0.4, 0.5) is 5.69 Å². The van der Waals surface area contributed by atoms with Gasteiger partial charge < -0.3 is 19.4 Å². The second-order valence-electron chi connectivity index (χ2n) is 5.73. The number of hydrogen-bond donors (Lipinski definition) is 1. The van der Waals surface area contributed by atoms with E-state index in [0.29, 0.717) is 18.2 Å². The Morgan fingerprint density at radius 3 is 2.69 bits per heavy atom. The van der Waals surface area contributed by atoms with Crippen LogP contribution in [0.15, 0.2) is 75.8 Å². The van der Waals surface area contributed by atoms with Gasteiger partial charge in [0.15, 0.2) is 5.11 Å². The van der Waals surface area contributed by atoms with E-state index in [-0.39, 0.29) is 0 Å². The molecule has 6 heteroatoms. The van der Waals surface area contributed by atoms with E-state index in [4.69, 9.17) is 21.4 Å². The van der Waals surface area contributed by atoms with Crippen molar-refractivity contribution in [2.24, 2.45) is 0 Å². The number of hydrogen-bond acceptors (Lipinski definition) is 3. The molecule has 0 aliphatic heterocycles. The normalized spacial score (nSPS) is 10.4. The third-order valence-corrected chi connectivity index (χ3v) is 4.65. The van der Waals surface area contributed by atoms with Crippen molar-refractivity contribution in [3.8, 4) is 5.75 Å². The lowest BCUT2D eigenvalue weighted by Gasteiger charge is -2.25. The van der Waals surface area contributed by atoms with Crippen LogP contribution in [0.5, 0.6) is 5.75 Å². The zero-order valence-electron chi connectivity index (χ0n) is 14.3. The number of nitrogens with zero attached hydrogens (tertiary/aromatic N) is 1. The van der Waals surface area contributed by atoms with Crippen molar-refractivity contribution in [2.45, 2.75) is 13.1 Å². The fourth-order valence-corrected chi connectivity index (χ4v) is 3.24. The molecule has 1 aromatic heterocycles. The van der Waals surface area contributed by atoms with Gasteiger partial charge in [0, 0.05) is 22.8 Å². The van der Waals surface area contributed by atoms with Gasteiger partial charge in [-0.15, -0.1) is 0 Å². The number of halogens is 1. The molecule has 3 aromatic rings. The molecule has 0 saturated heterocycles. The highest BCUT2D eigenvalue weighted by Gasteiger charge is 2.13. The van der Waals surface area contributed by atoms with E-state index >= 15 is 0 Å². The number of methoxy groups -OCH3 is 1. The van der Waals surface area contributed by atoms with Crippen molar-refractivity contribution in [3.63, 3.8) is 0 Å². The SMILES string of the molecule is COc1cccc(NC(=S)N(Cc2cccc(Br)c2)Cc2ccco2)c1. The van der Waals surface area contributed by atoms with Gasteiger partial charge >= 0.3 is 0 Å². The van der Waals surface area contributed by atoms with Gasteiger partial charge in [0.05, 0.1) is 19.9 Å². The zero-order valence-corrected chi connectivity index (χ0v) is 16.7. The first-order valence-electron chi connectivity index (χ1n) is 8.11. The van der Waals surface area contributed by atoms with Crippen LogP contribution in [0.25, 0.3) is 0 Å². The highest BCUT2D eigenvalue weighted by molar-refractivity contribution is 9.10. The molecule has 0 spiro atoms. The molecule has 0 radical (unpaired) electrons. The standard InChI is InChI=1S/C20H19BrN2O2S/c1-24-18-8-3-7-17(12-18)22-20(26)23(14-19-9-4-10-25-19)13-15-5-2-6-16(21)11-15/h2-12H,13-14H2,1H3,(H,22,26). The third-order valence-electron chi connectivity index (χ3n) is 3.80. The largest absolute Gasteiger partial charge is 0.497 e. The molecule has 2 aromatic carbocycles. The summed E-state index contributed by atoms with van der Waals surface area (Å²) in [4.78, 5) is 2.06. The van der Waals surface area contributed by atoms with Gasteiger partial charge in [-0.1, -0.05) is 34.1 Å². The molecule has 134 valence electrons. The summed E-state index contributed by atoms with van der Waals surface area (Å²) in [6.07, 6.45) is 1.67. The van der Waals surface area contributed by atoms with Crippen LogP contribution >= 0.6 is 28.1 Å². The third kappa shape index (κ3) is 5.09. The second kappa shape index (κ2) is 8.87. The van der Waals surface area contributed by atoms with E-state index in [0.717, 1.165) is 27.2 Å². The summed E-state index contributed by atoms with van der Waals surface area (Å²) in [5.41, 5.74) is 2.04. The molecule has 4 nitrogen and oxygen atoms in total. The maximum atomic E-state index is 5.66. The van der Waals surface area contributed by atoms with Gasteiger partial charge in [-0.05, 0) is 54.2 Å². The van der Waals surface area contributed by atoms with E-state index in [1.54, 1.807) is 13.4 Å². The van der Waals surface area contributed by atoms with Crippen LogP contribution < -0.4 is 10.1 Å². The average molecular weight is 431 g/mol. The van der Waals surface area contributed by atoms with E-state index in [1.165, 1.54) is 0 Å². The summed E-state index contributed by atoms with van der Waals surface area (Å²) in [6, 6.07) is 19.7. The topological polar surface area (TPSA) is 37.6 Å². The van der Waals surface area contributed by atoms with Gasteiger partial charge in [-0.3, -0.25) is 0 Å². The predicted molar refractivity (Wildman–Crippen MR) is 111 cm³/mol. The Labute approximate surface area is 166 Å². The van der Waals surface area contributed by atoms with Crippen LogP contribution in [0, 0.1) is 0 Å². The van der Waals surface area contributed by atoms with Crippen molar-refractivity contribution in [2.75, 3.05) is 12.4 Å². The molecule has 0 saturated carbocycles. The Bertz CT molecular complexity index is 868. The van der Waals surface area contributed by atoms with Gasteiger partial charge in [0.2, 0.25) is 0 Å². The molecule has 0 atom stereocenters. The number of benzene rings is 2. The Hall–Kier alpha value is -2.31. The Morgan fingerprint density at radius 2 is 1.96 bits per heavy atom. The highest BCUT2D eigenvalue weighted by atomic mass is 79.9. The number of rotatable bonds is 6. The maximum Gasteiger partial charge on any atom is 0.174 e. The Balaban J connectivity index is 1.78. The number of furan rings is 1. The molecule has 0 fully saturated rings. The van der Waals surface area contributed by atoms with Gasteiger partial charge in [-0.2, -0.15) is 0 Å². The first-order chi connectivity index (χ1) is 12.6. The number of ether oxygens (including phenoxy) is 1. The minimum Gasteiger partial charge on any atom is -0.497 e. The number of anilines is 1. The number of nitrogens with one attached hydrogen (secondary N) is 1. The molecule has 0 amide bonds. The lowest BCUT2D eigenvalue weighted by Crippen LogP contribution is -2.33. The summed E-state index contributed by atoms with van der Waals surface area (Å²) in [6.45, 7) is 1.24. The first-order valence-corrected chi connectivity index (χ1v) is 9.31. The van der Waals surface area contributed by atoms with Crippen molar-refractivity contribution >= 4 is 38.9 Å². The van der Waals surface area contributed by atoms with Gasteiger partial charge in [0.25, 0.3) is 0 Å². The fourth-order valence-electron chi connectivity index (χ4n) is 2.55. The van der Waals surface area contributed by atoms with Crippen LogP contribution in [0.2, 0.25) is 0 Å². The quantitative estimate of drug-likeness (QED) is 0.526. The fraction of sp³-hybridized carbons (Fsp3) is 0.150. The van der Waals surface area contributed by atoms with Crippen LogP contribution in [0.1, 0.15) is 11.3 Å². The molecule has 0 bridgehead atoms. The van der Waals surface area contributed by atoms with Crippen molar-refractivity contribution < 1.29 is 9.15 Å². The summed E-state index contributed by atoms with van der Waals surface area (Å²) >= 11 is 9.18. The summed E-state index contributed by atoms with van der Waals surface area (Å²) in [5, 5.41) is 3.91. The summed E-state index contributed by atoms with van der Waals surface area (Å²) in [5.74, 6) is 1.64. The number of thiocarbonyl (C=S) groups is 1. The Kier molecular flexibility index (Phi) is 6.30. The van der Waals surface area contributed by atoms with Crippen LogP contribution in [-0.4, -0.2) is 17.1 Å². The van der Waals surface area contributed by atoms with E-state index in [2.05, 4.69) is 38.3 Å². The molecule has 0 aliphatic rings. The van der Waals surface area contributed by atoms with Crippen molar-refractivity contribution in [1.82, 2.24) is 4.90 Å². The molecule has 0 aliphatic carbocycles. The first kappa shape index (κ1) is 18.5. The van der Waals surface area contributed by atoms with Crippen LogP contribution in [0.3, 0.4) is 0 Å². The zero-order chi connectivity index (χ0) is 18.4. The smallest absolute Gasteiger partial charge is 0.174 e. The second-order valence-corrected chi connectivity index (χ2v) is 7.03. The monoisotopic (exact) mass is 430 g/mol. The average Bonchev–Trinajstić information content (AvgIpc) is 3.14. The summed E-state index contributed by atoms with van der Waals surface area (Å²) < 4.78 is 11.8. The molecule has 3 rings (SSSR count).